The van der Waals surface area contributed by atoms with E-state index in [9.17, 15) is 14.0 Å². The van der Waals surface area contributed by atoms with Crippen molar-refractivity contribution in [2.24, 2.45) is 0 Å². The van der Waals surface area contributed by atoms with Gasteiger partial charge in [0.15, 0.2) is 0 Å². The molecule has 1 aromatic heterocycles. The Morgan fingerprint density at radius 1 is 1.14 bits per heavy atom. The number of aryl methyl sites for hydroxylation is 1. The maximum absolute atomic E-state index is 14.3. The normalized spacial score (nSPS) is 16.7. The Bertz CT molecular complexity index is 1030. The van der Waals surface area contributed by atoms with Crippen LogP contribution in [0, 0.1) is 12.7 Å². The molecule has 0 aliphatic carbocycles. The Labute approximate surface area is 161 Å². The minimum absolute atomic E-state index is 0.191. The van der Waals surface area contributed by atoms with Gasteiger partial charge in [0.25, 0.3) is 5.91 Å². The zero-order valence-corrected chi connectivity index (χ0v) is 15.3. The van der Waals surface area contributed by atoms with Crippen LogP contribution in [-0.2, 0) is 4.79 Å². The number of benzene rings is 2. The van der Waals surface area contributed by atoms with Gasteiger partial charge in [-0.3, -0.25) is 9.59 Å². The fourth-order valence-corrected chi connectivity index (χ4v) is 3.37. The van der Waals surface area contributed by atoms with E-state index in [1.54, 1.807) is 41.1 Å². The van der Waals surface area contributed by atoms with Gasteiger partial charge in [0.1, 0.15) is 11.9 Å². The van der Waals surface area contributed by atoms with E-state index in [1.165, 1.54) is 17.0 Å². The summed E-state index contributed by atoms with van der Waals surface area (Å²) in [6.07, 6.45) is 1.84. The molecule has 0 saturated carbocycles. The van der Waals surface area contributed by atoms with E-state index >= 15 is 0 Å². The van der Waals surface area contributed by atoms with Crippen LogP contribution in [0.2, 0.25) is 0 Å². The first-order valence-electron chi connectivity index (χ1n) is 9.00. The number of piperazine rings is 1. The van der Waals surface area contributed by atoms with Gasteiger partial charge >= 0.3 is 0 Å². The Kier molecular flexibility index (Phi) is 4.65. The second kappa shape index (κ2) is 7.26. The summed E-state index contributed by atoms with van der Waals surface area (Å²) in [4.78, 5) is 27.0. The zero-order chi connectivity index (χ0) is 19.7. The minimum atomic E-state index is -0.990. The molecule has 2 heterocycles. The molecule has 7 heteroatoms. The van der Waals surface area contributed by atoms with Crippen molar-refractivity contribution in [2.45, 2.75) is 13.0 Å². The SMILES string of the molecule is Cc1ccn(-c2ccc(C(=O)N3CCNC(=O)C3c3ccccc3F)cc2)n1. The summed E-state index contributed by atoms with van der Waals surface area (Å²) < 4.78 is 16.0. The van der Waals surface area contributed by atoms with E-state index in [-0.39, 0.29) is 17.4 Å². The lowest BCUT2D eigenvalue weighted by Crippen LogP contribution is -2.52. The van der Waals surface area contributed by atoms with Gasteiger partial charge in [-0.05, 0) is 43.3 Å². The van der Waals surface area contributed by atoms with E-state index < -0.39 is 11.9 Å². The third-order valence-corrected chi connectivity index (χ3v) is 4.77. The minimum Gasteiger partial charge on any atom is -0.352 e. The maximum atomic E-state index is 14.3. The largest absolute Gasteiger partial charge is 0.352 e. The third kappa shape index (κ3) is 3.26. The molecule has 1 aliphatic heterocycles. The summed E-state index contributed by atoms with van der Waals surface area (Å²) in [5.41, 5.74) is 2.35. The molecule has 1 atom stereocenters. The van der Waals surface area contributed by atoms with Crippen molar-refractivity contribution >= 4 is 11.8 Å². The van der Waals surface area contributed by atoms with Gasteiger partial charge in [-0.15, -0.1) is 0 Å². The lowest BCUT2D eigenvalue weighted by atomic mass is 10.0. The van der Waals surface area contributed by atoms with Crippen molar-refractivity contribution < 1.29 is 14.0 Å². The lowest BCUT2D eigenvalue weighted by molar-refractivity contribution is -0.128. The number of hydrogen-bond donors (Lipinski definition) is 1. The van der Waals surface area contributed by atoms with Gasteiger partial charge in [0.05, 0.1) is 11.4 Å². The van der Waals surface area contributed by atoms with E-state index in [0.29, 0.717) is 18.7 Å². The molecule has 6 nitrogen and oxygen atoms in total. The number of halogens is 1. The summed E-state index contributed by atoms with van der Waals surface area (Å²) in [7, 11) is 0. The summed E-state index contributed by atoms with van der Waals surface area (Å²) in [5, 5.41) is 7.06. The third-order valence-electron chi connectivity index (χ3n) is 4.77. The molecule has 3 aromatic rings. The molecule has 2 amide bonds. The van der Waals surface area contributed by atoms with E-state index in [1.807, 2.05) is 19.2 Å². The fourth-order valence-electron chi connectivity index (χ4n) is 3.37. The molecule has 4 rings (SSSR count). The second-order valence-corrected chi connectivity index (χ2v) is 6.66. The molecule has 142 valence electrons. The molecular formula is C21H19FN4O2. The van der Waals surface area contributed by atoms with Crippen LogP contribution in [0.5, 0.6) is 0 Å². The van der Waals surface area contributed by atoms with E-state index in [0.717, 1.165) is 11.4 Å². The van der Waals surface area contributed by atoms with Gasteiger partial charge in [0, 0.05) is 30.4 Å². The number of carbonyl (C=O) groups is 2. The number of amides is 2. The molecule has 2 aromatic carbocycles. The molecule has 0 radical (unpaired) electrons. The number of aromatic nitrogens is 2. The highest BCUT2D eigenvalue weighted by atomic mass is 19.1. The van der Waals surface area contributed by atoms with Gasteiger partial charge in [-0.1, -0.05) is 18.2 Å². The second-order valence-electron chi connectivity index (χ2n) is 6.66. The highest BCUT2D eigenvalue weighted by molar-refractivity contribution is 5.98. The predicted molar refractivity (Wildman–Crippen MR) is 101 cm³/mol. The Morgan fingerprint density at radius 2 is 1.89 bits per heavy atom. The monoisotopic (exact) mass is 378 g/mol. The van der Waals surface area contributed by atoms with Gasteiger partial charge < -0.3 is 10.2 Å². The molecule has 0 bridgehead atoms. The number of carbonyl (C=O) groups excluding carboxylic acids is 2. The predicted octanol–water partition coefficient (Wildman–Crippen LogP) is 2.63. The zero-order valence-electron chi connectivity index (χ0n) is 15.3. The molecule has 28 heavy (non-hydrogen) atoms. The summed E-state index contributed by atoms with van der Waals surface area (Å²) in [6, 6.07) is 13.9. The number of hydrogen-bond acceptors (Lipinski definition) is 3. The van der Waals surface area contributed by atoms with Gasteiger partial charge in [-0.25, -0.2) is 9.07 Å². The van der Waals surface area contributed by atoms with Crippen molar-refractivity contribution in [3.05, 3.63) is 83.4 Å². The highest BCUT2D eigenvalue weighted by Gasteiger charge is 2.36. The number of nitrogens with one attached hydrogen (secondary N) is 1. The standard InChI is InChI=1S/C21H19FN4O2/c1-14-10-12-26(24-14)16-8-6-15(7-9-16)21(28)25-13-11-23-20(27)19(25)17-4-2-3-5-18(17)22/h2-10,12,19H,11,13H2,1H3,(H,23,27). The first-order chi connectivity index (χ1) is 13.5. The maximum Gasteiger partial charge on any atom is 0.254 e. The summed E-state index contributed by atoms with van der Waals surface area (Å²) >= 11 is 0. The van der Waals surface area contributed by atoms with Crippen LogP contribution < -0.4 is 5.32 Å². The van der Waals surface area contributed by atoms with Crippen LogP contribution in [0.3, 0.4) is 0 Å². The Hall–Kier alpha value is -3.48. The van der Waals surface area contributed by atoms with Crippen molar-refractivity contribution in [1.82, 2.24) is 20.0 Å². The molecule has 1 N–H and O–H groups in total. The topological polar surface area (TPSA) is 67.2 Å². The molecule has 1 aliphatic rings. The quantitative estimate of drug-likeness (QED) is 0.762. The average Bonchev–Trinajstić information content (AvgIpc) is 3.14. The summed E-state index contributed by atoms with van der Waals surface area (Å²) in [6.45, 7) is 2.54. The van der Waals surface area contributed by atoms with Crippen LogP contribution >= 0.6 is 0 Å². The lowest BCUT2D eigenvalue weighted by Gasteiger charge is -2.35. The fraction of sp³-hybridized carbons (Fsp3) is 0.190. The first kappa shape index (κ1) is 17.9. The number of nitrogens with zero attached hydrogens (tertiary/aromatic N) is 3. The highest BCUT2D eigenvalue weighted by Crippen LogP contribution is 2.27. The van der Waals surface area contributed by atoms with Gasteiger partial charge in [0.2, 0.25) is 5.91 Å². The van der Waals surface area contributed by atoms with Crippen LogP contribution in [-0.4, -0.2) is 39.6 Å². The van der Waals surface area contributed by atoms with Crippen LogP contribution in [0.4, 0.5) is 4.39 Å². The molecule has 1 fully saturated rings. The Morgan fingerprint density at radius 3 is 2.57 bits per heavy atom. The first-order valence-corrected chi connectivity index (χ1v) is 9.00. The number of rotatable bonds is 3. The molecular weight excluding hydrogens is 359 g/mol. The van der Waals surface area contributed by atoms with Crippen molar-refractivity contribution in [3.63, 3.8) is 0 Å². The average molecular weight is 378 g/mol. The smallest absolute Gasteiger partial charge is 0.254 e. The Balaban J connectivity index is 1.63. The molecule has 1 unspecified atom stereocenters. The summed E-state index contributed by atoms with van der Waals surface area (Å²) in [5.74, 6) is -1.20. The van der Waals surface area contributed by atoms with Gasteiger partial charge in [-0.2, -0.15) is 5.10 Å². The van der Waals surface area contributed by atoms with Crippen LogP contribution in [0.15, 0.2) is 60.8 Å². The van der Waals surface area contributed by atoms with Crippen molar-refractivity contribution in [2.75, 3.05) is 13.1 Å². The van der Waals surface area contributed by atoms with Crippen LogP contribution in [0.1, 0.15) is 27.7 Å². The van der Waals surface area contributed by atoms with Crippen molar-refractivity contribution in [1.29, 1.82) is 0 Å². The van der Waals surface area contributed by atoms with Crippen LogP contribution in [0.25, 0.3) is 5.69 Å². The molecule has 1 saturated heterocycles. The van der Waals surface area contributed by atoms with E-state index in [2.05, 4.69) is 10.4 Å². The van der Waals surface area contributed by atoms with Crippen molar-refractivity contribution in [3.8, 4) is 5.69 Å². The van der Waals surface area contributed by atoms with E-state index in [4.69, 9.17) is 0 Å². The molecule has 0 spiro atoms.